The zero-order valence-corrected chi connectivity index (χ0v) is 12.8. The molecule has 0 radical (unpaired) electrons. The first-order valence-electron chi connectivity index (χ1n) is 7.37. The number of thiazole rings is 1. The first-order valence-corrected chi connectivity index (χ1v) is 8.19. The van der Waals surface area contributed by atoms with Crippen LogP contribution in [0.1, 0.15) is 34.5 Å². The molecule has 0 spiro atoms. The van der Waals surface area contributed by atoms with Crippen LogP contribution < -0.4 is 14.8 Å². The van der Waals surface area contributed by atoms with Crippen molar-refractivity contribution >= 4 is 11.3 Å². The maximum atomic E-state index is 6.03. The summed E-state index contributed by atoms with van der Waals surface area (Å²) in [7, 11) is 0. The van der Waals surface area contributed by atoms with Gasteiger partial charge in [0.25, 0.3) is 0 Å². The van der Waals surface area contributed by atoms with Gasteiger partial charge in [0, 0.05) is 17.5 Å². The van der Waals surface area contributed by atoms with Crippen LogP contribution in [-0.2, 0) is 6.54 Å². The average Bonchev–Trinajstić information content (AvgIpc) is 3.27. The molecule has 4 rings (SSSR count). The quantitative estimate of drug-likeness (QED) is 0.942. The van der Waals surface area contributed by atoms with Crippen molar-refractivity contribution in [3.05, 3.63) is 39.8 Å². The summed E-state index contributed by atoms with van der Waals surface area (Å²) in [5, 5.41) is 4.55. The molecule has 1 aromatic heterocycles. The fraction of sp³-hybridized carbons (Fsp3) is 0.438. The van der Waals surface area contributed by atoms with Gasteiger partial charge < -0.3 is 14.8 Å². The van der Waals surface area contributed by atoms with Crippen molar-refractivity contribution in [1.29, 1.82) is 0 Å². The summed E-state index contributed by atoms with van der Waals surface area (Å²) in [5.41, 5.74) is 1.10. The van der Waals surface area contributed by atoms with Crippen molar-refractivity contribution in [3.8, 4) is 11.5 Å². The molecule has 1 aliphatic heterocycles. The van der Waals surface area contributed by atoms with Crippen molar-refractivity contribution in [1.82, 2.24) is 10.3 Å². The zero-order chi connectivity index (χ0) is 14.2. The average molecular weight is 302 g/mol. The van der Waals surface area contributed by atoms with Gasteiger partial charge in [-0.3, -0.25) is 0 Å². The van der Waals surface area contributed by atoms with E-state index in [0.29, 0.717) is 6.61 Å². The molecule has 5 heteroatoms. The van der Waals surface area contributed by atoms with Gasteiger partial charge in [-0.2, -0.15) is 0 Å². The van der Waals surface area contributed by atoms with E-state index in [-0.39, 0.29) is 6.10 Å². The van der Waals surface area contributed by atoms with Crippen LogP contribution in [0.5, 0.6) is 11.5 Å². The molecule has 110 valence electrons. The predicted octanol–water partition coefficient (Wildman–Crippen LogP) is 3.22. The number of nitrogens with zero attached hydrogens (tertiary/aromatic N) is 1. The number of benzene rings is 1. The van der Waals surface area contributed by atoms with Gasteiger partial charge in [-0.05, 0) is 31.9 Å². The van der Waals surface area contributed by atoms with Crippen molar-refractivity contribution < 1.29 is 9.47 Å². The smallest absolute Gasteiger partial charge is 0.184 e. The SMILES string of the molecule is Cc1nc(C2COc3ccccc3O2)sc1CNC1CC1. The minimum Gasteiger partial charge on any atom is -0.485 e. The number of para-hydroxylation sites is 2. The highest BCUT2D eigenvalue weighted by Gasteiger charge is 2.26. The van der Waals surface area contributed by atoms with E-state index in [9.17, 15) is 0 Å². The van der Waals surface area contributed by atoms with Crippen LogP contribution in [0.25, 0.3) is 0 Å². The van der Waals surface area contributed by atoms with E-state index in [1.54, 1.807) is 11.3 Å². The third-order valence-corrected chi connectivity index (χ3v) is 5.07. The number of hydrogen-bond acceptors (Lipinski definition) is 5. The molecular weight excluding hydrogens is 284 g/mol. The van der Waals surface area contributed by atoms with Crippen LogP contribution in [-0.4, -0.2) is 17.6 Å². The Morgan fingerprint density at radius 1 is 1.29 bits per heavy atom. The lowest BCUT2D eigenvalue weighted by molar-refractivity contribution is 0.0910. The van der Waals surface area contributed by atoms with Gasteiger partial charge in [0.1, 0.15) is 11.6 Å². The van der Waals surface area contributed by atoms with Crippen molar-refractivity contribution in [2.45, 2.75) is 38.5 Å². The van der Waals surface area contributed by atoms with E-state index in [2.05, 4.69) is 17.2 Å². The monoisotopic (exact) mass is 302 g/mol. The predicted molar refractivity (Wildman–Crippen MR) is 82.0 cm³/mol. The van der Waals surface area contributed by atoms with E-state index in [1.165, 1.54) is 17.7 Å². The third-order valence-electron chi connectivity index (χ3n) is 3.82. The van der Waals surface area contributed by atoms with Gasteiger partial charge in [-0.15, -0.1) is 11.3 Å². The van der Waals surface area contributed by atoms with E-state index >= 15 is 0 Å². The fourth-order valence-corrected chi connectivity index (χ4v) is 3.45. The fourth-order valence-electron chi connectivity index (χ4n) is 2.42. The molecule has 1 unspecified atom stereocenters. The molecule has 1 N–H and O–H groups in total. The van der Waals surface area contributed by atoms with Crippen molar-refractivity contribution in [3.63, 3.8) is 0 Å². The van der Waals surface area contributed by atoms with E-state index < -0.39 is 0 Å². The number of fused-ring (bicyclic) bond motifs is 1. The molecule has 4 nitrogen and oxygen atoms in total. The van der Waals surface area contributed by atoms with Crippen molar-refractivity contribution in [2.24, 2.45) is 0 Å². The highest BCUT2D eigenvalue weighted by atomic mass is 32.1. The number of ether oxygens (including phenoxy) is 2. The molecule has 21 heavy (non-hydrogen) atoms. The molecule has 0 bridgehead atoms. The highest BCUT2D eigenvalue weighted by Crippen LogP contribution is 2.37. The molecular formula is C16H18N2O2S. The Morgan fingerprint density at radius 2 is 2.10 bits per heavy atom. The Morgan fingerprint density at radius 3 is 2.90 bits per heavy atom. The minimum absolute atomic E-state index is 0.0988. The van der Waals surface area contributed by atoms with Gasteiger partial charge >= 0.3 is 0 Å². The Hall–Kier alpha value is -1.59. The van der Waals surface area contributed by atoms with Crippen LogP contribution in [0.2, 0.25) is 0 Å². The first-order chi connectivity index (χ1) is 10.3. The maximum Gasteiger partial charge on any atom is 0.184 e. The van der Waals surface area contributed by atoms with E-state index in [4.69, 9.17) is 9.47 Å². The summed E-state index contributed by atoms with van der Waals surface area (Å²) < 4.78 is 11.8. The summed E-state index contributed by atoms with van der Waals surface area (Å²) >= 11 is 1.73. The molecule has 1 fully saturated rings. The number of rotatable bonds is 4. The van der Waals surface area contributed by atoms with Gasteiger partial charge in [0.2, 0.25) is 0 Å². The second-order valence-corrected chi connectivity index (χ2v) is 6.70. The third kappa shape index (κ3) is 2.76. The molecule has 1 saturated carbocycles. The van der Waals surface area contributed by atoms with Crippen LogP contribution in [0.3, 0.4) is 0 Å². The normalized spacial score (nSPS) is 20.5. The van der Waals surface area contributed by atoms with Crippen LogP contribution in [0, 0.1) is 6.92 Å². The number of nitrogens with one attached hydrogen (secondary N) is 1. The van der Waals surface area contributed by atoms with Crippen molar-refractivity contribution in [2.75, 3.05) is 6.61 Å². The molecule has 2 aromatic rings. The molecule has 0 saturated heterocycles. The lowest BCUT2D eigenvalue weighted by Gasteiger charge is -2.24. The van der Waals surface area contributed by atoms with Crippen LogP contribution >= 0.6 is 11.3 Å². The summed E-state index contributed by atoms with van der Waals surface area (Å²) in [6.45, 7) is 3.51. The number of aryl methyl sites for hydroxylation is 1. The first kappa shape index (κ1) is 13.1. The Kier molecular flexibility index (Phi) is 3.31. The van der Waals surface area contributed by atoms with E-state index in [1.807, 2.05) is 24.3 Å². The number of aromatic nitrogens is 1. The molecule has 2 aliphatic rings. The molecule has 1 aromatic carbocycles. The van der Waals surface area contributed by atoms with Gasteiger partial charge in [-0.1, -0.05) is 12.1 Å². The topological polar surface area (TPSA) is 43.4 Å². The van der Waals surface area contributed by atoms with Crippen LogP contribution in [0.4, 0.5) is 0 Å². The summed E-state index contributed by atoms with van der Waals surface area (Å²) in [5.74, 6) is 1.62. The Bertz CT molecular complexity index is 651. The number of hydrogen-bond donors (Lipinski definition) is 1. The Labute approximate surface area is 128 Å². The second-order valence-electron chi connectivity index (χ2n) is 5.58. The summed E-state index contributed by atoms with van der Waals surface area (Å²) in [6.07, 6.45) is 2.51. The molecule has 1 atom stereocenters. The van der Waals surface area contributed by atoms with Crippen LogP contribution in [0.15, 0.2) is 24.3 Å². The lowest BCUT2D eigenvalue weighted by atomic mass is 10.2. The maximum absolute atomic E-state index is 6.03. The van der Waals surface area contributed by atoms with Gasteiger partial charge in [-0.25, -0.2) is 4.98 Å². The van der Waals surface area contributed by atoms with Gasteiger partial charge in [0.15, 0.2) is 17.6 Å². The standard InChI is InChI=1S/C16H18N2O2S/c1-10-15(8-17-11-6-7-11)21-16(18-10)14-9-19-12-4-2-3-5-13(12)20-14/h2-5,11,14,17H,6-9H2,1H3. The second kappa shape index (κ2) is 5.31. The zero-order valence-electron chi connectivity index (χ0n) is 12.0. The lowest BCUT2D eigenvalue weighted by Crippen LogP contribution is -2.21. The molecule has 2 heterocycles. The highest BCUT2D eigenvalue weighted by molar-refractivity contribution is 7.11. The molecule has 0 amide bonds. The largest absolute Gasteiger partial charge is 0.485 e. The summed E-state index contributed by atoms with van der Waals surface area (Å²) in [6, 6.07) is 8.51. The Balaban J connectivity index is 1.50. The summed E-state index contributed by atoms with van der Waals surface area (Å²) in [4.78, 5) is 5.98. The van der Waals surface area contributed by atoms with Gasteiger partial charge in [0.05, 0.1) is 5.69 Å². The minimum atomic E-state index is -0.0988. The molecule has 1 aliphatic carbocycles. The van der Waals surface area contributed by atoms with E-state index in [0.717, 1.165) is 34.8 Å².